The molecule has 1 aromatic heterocycles. The van der Waals surface area contributed by atoms with Crippen LogP contribution in [0.1, 0.15) is 32.5 Å². The van der Waals surface area contributed by atoms with Crippen LogP contribution in [-0.2, 0) is 0 Å². The summed E-state index contributed by atoms with van der Waals surface area (Å²) in [5, 5.41) is 11.8. The number of anilines is 1. The molecule has 0 fully saturated rings. The minimum absolute atomic E-state index is 0.00545. The highest BCUT2D eigenvalue weighted by atomic mass is 16.3. The molecule has 0 bridgehead atoms. The van der Waals surface area contributed by atoms with Crippen molar-refractivity contribution < 1.29 is 5.11 Å². The van der Waals surface area contributed by atoms with Crippen molar-refractivity contribution in [2.75, 3.05) is 11.9 Å². The molecule has 15 heavy (non-hydrogen) atoms. The van der Waals surface area contributed by atoms with Crippen molar-refractivity contribution in [2.24, 2.45) is 0 Å². The van der Waals surface area contributed by atoms with Crippen LogP contribution in [0.5, 0.6) is 0 Å². The molecule has 1 rings (SSSR count). The summed E-state index contributed by atoms with van der Waals surface area (Å²) in [5.74, 6) is 1.32. The number of rotatable bonds is 4. The van der Waals surface area contributed by atoms with Crippen molar-refractivity contribution in [1.29, 1.82) is 0 Å². The molecule has 0 aliphatic heterocycles. The second-order valence-electron chi connectivity index (χ2n) is 3.90. The number of aliphatic hydroxyl groups is 1. The molecule has 1 heterocycles. The van der Waals surface area contributed by atoms with E-state index in [0.717, 1.165) is 0 Å². The van der Waals surface area contributed by atoms with Crippen LogP contribution in [0.15, 0.2) is 10.9 Å². The molecule has 0 spiro atoms. The lowest BCUT2D eigenvalue weighted by molar-refractivity contribution is 0.281. The first kappa shape index (κ1) is 11.7. The molecule has 1 aromatic rings. The second kappa shape index (κ2) is 4.93. The molecule has 0 saturated heterocycles. The Kier molecular flexibility index (Phi) is 3.85. The van der Waals surface area contributed by atoms with E-state index in [4.69, 9.17) is 5.11 Å². The van der Waals surface area contributed by atoms with E-state index in [1.54, 1.807) is 0 Å². The summed E-state index contributed by atoms with van der Waals surface area (Å²) in [6.45, 7) is 5.73. The molecule has 0 radical (unpaired) electrons. The van der Waals surface area contributed by atoms with Crippen molar-refractivity contribution in [3.63, 3.8) is 0 Å². The number of hydrogen-bond donors (Lipinski definition) is 3. The summed E-state index contributed by atoms with van der Waals surface area (Å²) in [6.07, 6.45) is 0. The Morgan fingerprint density at radius 3 is 2.73 bits per heavy atom. The van der Waals surface area contributed by atoms with E-state index in [-0.39, 0.29) is 24.1 Å². The Labute approximate surface area is 88.6 Å². The Hall–Kier alpha value is -1.36. The minimum atomic E-state index is -0.179. The van der Waals surface area contributed by atoms with Gasteiger partial charge in [0.25, 0.3) is 5.56 Å². The van der Waals surface area contributed by atoms with Gasteiger partial charge >= 0.3 is 0 Å². The number of aromatic amines is 1. The third-order valence-electron chi connectivity index (χ3n) is 1.98. The lowest BCUT2D eigenvalue weighted by atomic mass is 10.2. The highest BCUT2D eigenvalue weighted by Gasteiger charge is 2.06. The molecule has 84 valence electrons. The number of hydrogen-bond acceptors (Lipinski definition) is 4. The van der Waals surface area contributed by atoms with Crippen molar-refractivity contribution in [3.8, 4) is 0 Å². The van der Waals surface area contributed by atoms with Gasteiger partial charge in [-0.15, -0.1) is 0 Å². The van der Waals surface area contributed by atoms with Crippen LogP contribution in [0, 0.1) is 0 Å². The lowest BCUT2D eigenvalue weighted by Gasteiger charge is -2.12. The van der Waals surface area contributed by atoms with Crippen LogP contribution in [0.2, 0.25) is 0 Å². The molecule has 0 aliphatic carbocycles. The van der Waals surface area contributed by atoms with Gasteiger partial charge < -0.3 is 15.4 Å². The number of aliphatic hydroxyl groups excluding tert-OH is 1. The lowest BCUT2D eigenvalue weighted by Crippen LogP contribution is -2.22. The summed E-state index contributed by atoms with van der Waals surface area (Å²) in [7, 11) is 0. The molecule has 1 unspecified atom stereocenters. The van der Waals surface area contributed by atoms with Gasteiger partial charge in [0.15, 0.2) is 0 Å². The topological polar surface area (TPSA) is 78.0 Å². The number of aromatic nitrogens is 2. The van der Waals surface area contributed by atoms with Gasteiger partial charge in [-0.2, -0.15) is 0 Å². The zero-order valence-corrected chi connectivity index (χ0v) is 9.24. The minimum Gasteiger partial charge on any atom is -0.394 e. The van der Waals surface area contributed by atoms with Gasteiger partial charge in [0, 0.05) is 18.0 Å². The van der Waals surface area contributed by atoms with Gasteiger partial charge in [0.2, 0.25) is 0 Å². The van der Waals surface area contributed by atoms with E-state index in [1.165, 1.54) is 6.07 Å². The molecule has 0 amide bonds. The van der Waals surface area contributed by atoms with Crippen LogP contribution >= 0.6 is 0 Å². The van der Waals surface area contributed by atoms with E-state index in [9.17, 15) is 4.79 Å². The number of nitrogens with one attached hydrogen (secondary N) is 2. The quantitative estimate of drug-likeness (QED) is 0.684. The molecule has 3 N–H and O–H groups in total. The van der Waals surface area contributed by atoms with Crippen LogP contribution in [-0.4, -0.2) is 27.7 Å². The maximum atomic E-state index is 11.3. The molecule has 5 nitrogen and oxygen atoms in total. The van der Waals surface area contributed by atoms with E-state index in [1.807, 2.05) is 20.8 Å². The van der Waals surface area contributed by atoms with E-state index >= 15 is 0 Å². The van der Waals surface area contributed by atoms with Gasteiger partial charge in [-0.05, 0) is 6.92 Å². The summed E-state index contributed by atoms with van der Waals surface area (Å²) >= 11 is 0. The molecule has 0 saturated carbocycles. The maximum absolute atomic E-state index is 11.3. The zero-order valence-electron chi connectivity index (χ0n) is 9.24. The monoisotopic (exact) mass is 211 g/mol. The standard InChI is InChI=1S/C10H17N3O2/c1-6(2)10-12-8(4-9(15)13-10)11-7(3)5-14/h4,6-7,14H,5H2,1-3H3,(H2,11,12,13,15). The third kappa shape index (κ3) is 3.36. The average molecular weight is 211 g/mol. The summed E-state index contributed by atoms with van der Waals surface area (Å²) in [6, 6.07) is 1.28. The van der Waals surface area contributed by atoms with Gasteiger partial charge in [-0.1, -0.05) is 13.8 Å². The first-order chi connectivity index (χ1) is 7.02. The maximum Gasteiger partial charge on any atom is 0.252 e. The van der Waals surface area contributed by atoms with E-state index in [0.29, 0.717) is 11.6 Å². The smallest absolute Gasteiger partial charge is 0.252 e. The predicted molar refractivity (Wildman–Crippen MR) is 59.1 cm³/mol. The second-order valence-corrected chi connectivity index (χ2v) is 3.90. The first-order valence-electron chi connectivity index (χ1n) is 5.01. The first-order valence-corrected chi connectivity index (χ1v) is 5.01. The third-order valence-corrected chi connectivity index (χ3v) is 1.98. The summed E-state index contributed by atoms with van der Waals surface area (Å²) in [5.41, 5.74) is -0.179. The van der Waals surface area contributed by atoms with Crippen molar-refractivity contribution in [3.05, 3.63) is 22.2 Å². The SMILES string of the molecule is CC(CO)Nc1cc(=O)[nH]c(C(C)C)n1. The van der Waals surface area contributed by atoms with Crippen molar-refractivity contribution in [2.45, 2.75) is 32.7 Å². The Morgan fingerprint density at radius 1 is 1.53 bits per heavy atom. The summed E-state index contributed by atoms with van der Waals surface area (Å²) in [4.78, 5) is 18.2. The number of H-pyrrole nitrogens is 1. The van der Waals surface area contributed by atoms with Crippen molar-refractivity contribution >= 4 is 5.82 Å². The zero-order chi connectivity index (χ0) is 11.4. The Balaban J connectivity index is 2.94. The molecule has 5 heteroatoms. The molecule has 1 atom stereocenters. The molecular formula is C10H17N3O2. The fourth-order valence-electron chi connectivity index (χ4n) is 1.12. The molecule has 0 aromatic carbocycles. The fraction of sp³-hybridized carbons (Fsp3) is 0.600. The van der Waals surface area contributed by atoms with Crippen LogP contribution < -0.4 is 10.9 Å². The van der Waals surface area contributed by atoms with Gasteiger partial charge in [0.05, 0.1) is 6.61 Å². The van der Waals surface area contributed by atoms with Crippen LogP contribution in [0.4, 0.5) is 5.82 Å². The Bertz CT molecular complexity index is 373. The van der Waals surface area contributed by atoms with Gasteiger partial charge in [-0.3, -0.25) is 4.79 Å². The normalized spacial score (nSPS) is 12.9. The van der Waals surface area contributed by atoms with Gasteiger partial charge in [-0.25, -0.2) is 4.98 Å². The van der Waals surface area contributed by atoms with Crippen LogP contribution in [0.3, 0.4) is 0 Å². The molecular weight excluding hydrogens is 194 g/mol. The van der Waals surface area contributed by atoms with E-state index < -0.39 is 0 Å². The molecule has 0 aliphatic rings. The number of nitrogens with zero attached hydrogens (tertiary/aromatic N) is 1. The highest BCUT2D eigenvalue weighted by Crippen LogP contribution is 2.09. The van der Waals surface area contributed by atoms with Crippen LogP contribution in [0.25, 0.3) is 0 Å². The van der Waals surface area contributed by atoms with Gasteiger partial charge in [0.1, 0.15) is 11.6 Å². The average Bonchev–Trinajstić information content (AvgIpc) is 2.16. The largest absolute Gasteiger partial charge is 0.394 e. The highest BCUT2D eigenvalue weighted by molar-refractivity contribution is 5.34. The predicted octanol–water partition coefficient (Wildman–Crippen LogP) is 0.686. The van der Waals surface area contributed by atoms with E-state index in [2.05, 4.69) is 15.3 Å². The fourth-order valence-corrected chi connectivity index (χ4v) is 1.12. The van der Waals surface area contributed by atoms with Crippen molar-refractivity contribution in [1.82, 2.24) is 9.97 Å². The Morgan fingerprint density at radius 2 is 2.20 bits per heavy atom. The summed E-state index contributed by atoms with van der Waals surface area (Å²) < 4.78 is 0.